The van der Waals surface area contributed by atoms with Crippen LogP contribution in [0.5, 0.6) is 17.2 Å². The highest BCUT2D eigenvalue weighted by Gasteiger charge is 2.16. The van der Waals surface area contributed by atoms with Crippen molar-refractivity contribution < 1.29 is 14.2 Å². The summed E-state index contributed by atoms with van der Waals surface area (Å²) in [5, 5.41) is 18.6. The van der Waals surface area contributed by atoms with Crippen LogP contribution < -0.4 is 24.0 Å². The Kier molecular flexibility index (Phi) is 9.42. The first-order chi connectivity index (χ1) is 17.5. The Balaban J connectivity index is 1.77. The summed E-state index contributed by atoms with van der Waals surface area (Å²) in [6, 6.07) is 24.7. The molecule has 3 rings (SSSR count). The highest BCUT2D eigenvalue weighted by atomic mass is 16.6. The summed E-state index contributed by atoms with van der Waals surface area (Å²) in [6.45, 7) is 6.52. The lowest BCUT2D eigenvalue weighted by molar-refractivity contribution is 0.0812. The molecular formula is C29H32N4O3. The lowest BCUT2D eigenvalue weighted by Crippen LogP contribution is -2.31. The summed E-state index contributed by atoms with van der Waals surface area (Å²) >= 11 is 0. The van der Waals surface area contributed by atoms with Crippen molar-refractivity contribution in [3.63, 3.8) is 0 Å². The van der Waals surface area contributed by atoms with Crippen LogP contribution in [-0.2, 0) is 0 Å². The molecule has 0 N–H and O–H groups in total. The molecule has 36 heavy (non-hydrogen) atoms. The molecule has 7 nitrogen and oxygen atoms in total. The minimum Gasteiger partial charge on any atom is -0.490 e. The highest BCUT2D eigenvalue weighted by Crippen LogP contribution is 2.24. The third kappa shape index (κ3) is 7.07. The van der Waals surface area contributed by atoms with Crippen molar-refractivity contribution in [1.82, 2.24) is 0 Å². The van der Waals surface area contributed by atoms with Gasteiger partial charge in [-0.1, -0.05) is 12.1 Å². The average Bonchev–Trinajstić information content (AvgIpc) is 2.91. The largest absolute Gasteiger partial charge is 0.490 e. The van der Waals surface area contributed by atoms with E-state index < -0.39 is 6.10 Å². The predicted molar refractivity (Wildman–Crippen MR) is 142 cm³/mol. The van der Waals surface area contributed by atoms with Crippen LogP contribution in [0.4, 0.5) is 11.4 Å². The Morgan fingerprint density at radius 3 is 1.86 bits per heavy atom. The number of nitriles is 2. The number of hydrogen-bond acceptors (Lipinski definition) is 7. The van der Waals surface area contributed by atoms with E-state index in [1.807, 2.05) is 73.6 Å². The molecule has 0 fully saturated rings. The monoisotopic (exact) mass is 484 g/mol. The van der Waals surface area contributed by atoms with Gasteiger partial charge < -0.3 is 24.0 Å². The van der Waals surface area contributed by atoms with Gasteiger partial charge in [-0.25, -0.2) is 0 Å². The van der Waals surface area contributed by atoms with E-state index in [1.54, 1.807) is 18.2 Å². The van der Waals surface area contributed by atoms with E-state index in [1.165, 1.54) is 0 Å². The minimum absolute atomic E-state index is 0.231. The van der Waals surface area contributed by atoms with Gasteiger partial charge in [-0.3, -0.25) is 0 Å². The summed E-state index contributed by atoms with van der Waals surface area (Å²) in [5.41, 5.74) is 2.70. The number of anilines is 2. The quantitative estimate of drug-likeness (QED) is 0.347. The maximum Gasteiger partial charge on any atom is 0.166 e. The van der Waals surface area contributed by atoms with E-state index in [4.69, 9.17) is 14.2 Å². The molecule has 0 heterocycles. The molecule has 0 aromatic heterocycles. The maximum absolute atomic E-state index is 9.38. The van der Waals surface area contributed by atoms with Crippen LogP contribution >= 0.6 is 0 Å². The summed E-state index contributed by atoms with van der Waals surface area (Å²) in [4.78, 5) is 4.26. The predicted octanol–water partition coefficient (Wildman–Crippen LogP) is 5.25. The molecule has 0 aliphatic heterocycles. The minimum atomic E-state index is -0.468. The normalized spacial score (nSPS) is 11.1. The van der Waals surface area contributed by atoms with Gasteiger partial charge in [0.2, 0.25) is 0 Å². The van der Waals surface area contributed by atoms with Crippen LogP contribution in [0.15, 0.2) is 66.7 Å². The smallest absolute Gasteiger partial charge is 0.166 e. The van der Waals surface area contributed by atoms with E-state index >= 15 is 0 Å². The number of nitrogens with zero attached hydrogens (tertiary/aromatic N) is 4. The zero-order valence-electron chi connectivity index (χ0n) is 21.3. The summed E-state index contributed by atoms with van der Waals surface area (Å²) < 4.78 is 18.3. The molecule has 0 saturated carbocycles. The first kappa shape index (κ1) is 26.2. The van der Waals surface area contributed by atoms with Crippen LogP contribution in [0, 0.1) is 22.7 Å². The number of benzene rings is 3. The Morgan fingerprint density at radius 1 is 0.722 bits per heavy atom. The Labute approximate surface area is 213 Å². The van der Waals surface area contributed by atoms with E-state index in [0.717, 1.165) is 36.0 Å². The van der Waals surface area contributed by atoms with Crippen molar-refractivity contribution in [2.24, 2.45) is 0 Å². The van der Waals surface area contributed by atoms with Crippen LogP contribution in [0.3, 0.4) is 0 Å². The van der Waals surface area contributed by atoms with Crippen LogP contribution in [0.2, 0.25) is 0 Å². The van der Waals surface area contributed by atoms with Gasteiger partial charge in [0, 0.05) is 50.7 Å². The zero-order valence-corrected chi connectivity index (χ0v) is 21.3. The molecule has 1 unspecified atom stereocenters. The van der Waals surface area contributed by atoms with E-state index in [2.05, 4.69) is 24.8 Å². The maximum atomic E-state index is 9.38. The SMILES string of the molecule is CCN(CC)c1cccc(OCC(COc2cccc(N(C)C)c2)Oc2ccc(C#N)c(C#N)c2)c1. The molecule has 0 spiro atoms. The van der Waals surface area contributed by atoms with Gasteiger partial charge in [-0.05, 0) is 56.3 Å². The van der Waals surface area contributed by atoms with Crippen molar-refractivity contribution in [2.75, 3.05) is 50.2 Å². The summed E-state index contributed by atoms with van der Waals surface area (Å²) in [6.07, 6.45) is -0.468. The van der Waals surface area contributed by atoms with Crippen molar-refractivity contribution in [3.8, 4) is 29.4 Å². The van der Waals surface area contributed by atoms with Crippen molar-refractivity contribution in [1.29, 1.82) is 10.5 Å². The second-order valence-corrected chi connectivity index (χ2v) is 8.35. The molecular weight excluding hydrogens is 452 g/mol. The fraction of sp³-hybridized carbons (Fsp3) is 0.310. The molecule has 0 saturated heterocycles. The van der Waals surface area contributed by atoms with Crippen LogP contribution in [0.1, 0.15) is 25.0 Å². The van der Waals surface area contributed by atoms with Gasteiger partial charge in [-0.15, -0.1) is 0 Å². The lowest BCUT2D eigenvalue weighted by atomic mass is 10.1. The van der Waals surface area contributed by atoms with Gasteiger partial charge in [0.1, 0.15) is 42.6 Å². The van der Waals surface area contributed by atoms with Gasteiger partial charge in [0.05, 0.1) is 11.1 Å². The molecule has 1 atom stereocenters. The number of rotatable bonds is 12. The van der Waals surface area contributed by atoms with Gasteiger partial charge in [-0.2, -0.15) is 10.5 Å². The molecule has 3 aromatic rings. The number of ether oxygens (including phenoxy) is 3. The van der Waals surface area contributed by atoms with Crippen molar-refractivity contribution >= 4 is 11.4 Å². The van der Waals surface area contributed by atoms with E-state index in [9.17, 15) is 10.5 Å². The molecule has 0 bridgehead atoms. The Bertz CT molecular complexity index is 1230. The van der Waals surface area contributed by atoms with Gasteiger partial charge >= 0.3 is 0 Å². The average molecular weight is 485 g/mol. The topological polar surface area (TPSA) is 81.8 Å². The molecule has 186 valence electrons. The molecule has 0 amide bonds. The standard InChI is InChI=1S/C29H32N4O3/c1-5-33(6-2)25-10-8-12-27(17-25)35-21-29(20-34-26-11-7-9-24(16-26)32(3)4)36-28-14-13-22(18-30)23(15-28)19-31/h7-17,29H,5-6,20-21H2,1-4H3. The van der Waals surface area contributed by atoms with Crippen LogP contribution in [0.25, 0.3) is 0 Å². The van der Waals surface area contributed by atoms with Crippen LogP contribution in [-0.4, -0.2) is 46.5 Å². The molecule has 0 aliphatic rings. The Morgan fingerprint density at radius 2 is 1.31 bits per heavy atom. The van der Waals surface area contributed by atoms with E-state index in [-0.39, 0.29) is 18.8 Å². The summed E-state index contributed by atoms with van der Waals surface area (Å²) in [7, 11) is 3.95. The fourth-order valence-electron chi connectivity index (χ4n) is 3.68. The number of hydrogen-bond donors (Lipinski definition) is 0. The second-order valence-electron chi connectivity index (χ2n) is 8.35. The van der Waals surface area contributed by atoms with E-state index in [0.29, 0.717) is 11.3 Å². The first-order valence-electron chi connectivity index (χ1n) is 12.0. The highest BCUT2D eigenvalue weighted by molar-refractivity contribution is 5.51. The molecule has 3 aromatic carbocycles. The Hall–Kier alpha value is -4.36. The van der Waals surface area contributed by atoms with Crippen molar-refractivity contribution in [3.05, 3.63) is 77.9 Å². The second kappa shape index (κ2) is 12.9. The fourth-order valence-corrected chi connectivity index (χ4v) is 3.68. The van der Waals surface area contributed by atoms with Gasteiger partial charge in [0.25, 0.3) is 0 Å². The van der Waals surface area contributed by atoms with Gasteiger partial charge in [0.15, 0.2) is 6.10 Å². The molecule has 7 heteroatoms. The summed E-state index contributed by atoms with van der Waals surface area (Å²) in [5.74, 6) is 1.93. The first-order valence-corrected chi connectivity index (χ1v) is 12.0. The third-order valence-corrected chi connectivity index (χ3v) is 5.69. The van der Waals surface area contributed by atoms with Crippen molar-refractivity contribution in [2.45, 2.75) is 20.0 Å². The molecule has 0 aliphatic carbocycles. The molecule has 0 radical (unpaired) electrons. The lowest BCUT2D eigenvalue weighted by Gasteiger charge is -2.23. The zero-order chi connectivity index (χ0) is 25.9. The third-order valence-electron chi connectivity index (χ3n) is 5.69.